The lowest BCUT2D eigenvalue weighted by molar-refractivity contribution is -0.140. The van der Waals surface area contributed by atoms with Crippen molar-refractivity contribution >= 4 is 17.7 Å². The molecule has 2 aromatic rings. The van der Waals surface area contributed by atoms with Gasteiger partial charge in [-0.1, -0.05) is 18.2 Å². The number of nitrogens with one attached hydrogen (secondary N) is 2. The van der Waals surface area contributed by atoms with E-state index in [4.69, 9.17) is 9.94 Å². The van der Waals surface area contributed by atoms with E-state index in [1.165, 1.54) is 0 Å². The first-order valence-corrected chi connectivity index (χ1v) is 9.31. The Morgan fingerprint density at radius 2 is 1.72 bits per heavy atom. The Balaban J connectivity index is 1.61. The fourth-order valence-corrected chi connectivity index (χ4v) is 4.10. The van der Waals surface area contributed by atoms with Crippen LogP contribution in [-0.4, -0.2) is 30.0 Å². The van der Waals surface area contributed by atoms with E-state index in [-0.39, 0.29) is 5.91 Å². The first-order valence-electron chi connectivity index (χ1n) is 8.33. The average Bonchev–Trinajstić information content (AvgIpc) is 2.68. The summed E-state index contributed by atoms with van der Waals surface area (Å²) in [6.45, 7) is 1.58. The topological polar surface area (TPSA) is 70.6 Å². The van der Waals surface area contributed by atoms with Crippen LogP contribution in [0.1, 0.15) is 12.8 Å². The van der Waals surface area contributed by atoms with E-state index in [2.05, 4.69) is 5.32 Å². The van der Waals surface area contributed by atoms with Crippen molar-refractivity contribution in [3.05, 3.63) is 54.6 Å². The number of hydrogen-bond donors (Lipinski definition) is 3. The smallest absolute Gasteiger partial charge is 0.250 e. The highest BCUT2D eigenvalue weighted by atomic mass is 32.2. The molecule has 1 saturated heterocycles. The summed E-state index contributed by atoms with van der Waals surface area (Å²) in [6, 6.07) is 17.5. The van der Waals surface area contributed by atoms with Crippen molar-refractivity contribution in [3.8, 4) is 11.5 Å². The monoisotopic (exact) mass is 358 g/mol. The Morgan fingerprint density at radius 3 is 2.36 bits per heavy atom. The molecule has 1 aliphatic heterocycles. The predicted octanol–water partition coefficient (Wildman–Crippen LogP) is 3.45. The zero-order valence-corrected chi connectivity index (χ0v) is 14.7. The van der Waals surface area contributed by atoms with Crippen molar-refractivity contribution in [3.63, 3.8) is 0 Å². The number of piperidine rings is 1. The van der Waals surface area contributed by atoms with Gasteiger partial charge in [-0.2, -0.15) is 0 Å². The molecule has 0 radical (unpaired) electrons. The van der Waals surface area contributed by atoms with E-state index < -0.39 is 5.41 Å². The van der Waals surface area contributed by atoms with Crippen molar-refractivity contribution in [2.75, 3.05) is 18.8 Å². The lowest BCUT2D eigenvalue weighted by Crippen LogP contribution is -2.48. The normalized spacial score (nSPS) is 16.2. The first kappa shape index (κ1) is 17.8. The maximum Gasteiger partial charge on any atom is 0.250 e. The number of carbonyl (C=O) groups is 1. The number of thioether (sulfide) groups is 1. The Labute approximate surface area is 151 Å². The molecule has 6 heteroatoms. The Bertz CT molecular complexity index is 686. The zero-order valence-electron chi connectivity index (χ0n) is 13.9. The molecule has 0 aromatic heterocycles. The summed E-state index contributed by atoms with van der Waals surface area (Å²) < 4.78 is 5.79. The van der Waals surface area contributed by atoms with Crippen LogP contribution in [0.2, 0.25) is 0 Å². The summed E-state index contributed by atoms with van der Waals surface area (Å²) in [7, 11) is 0. The van der Waals surface area contributed by atoms with Gasteiger partial charge in [-0.3, -0.25) is 10.0 Å². The van der Waals surface area contributed by atoms with Gasteiger partial charge in [0.05, 0.1) is 5.41 Å². The molecule has 2 aromatic carbocycles. The van der Waals surface area contributed by atoms with Gasteiger partial charge in [0.2, 0.25) is 5.91 Å². The number of rotatable bonds is 6. The second kappa shape index (κ2) is 8.38. The fraction of sp³-hybridized carbons (Fsp3) is 0.316. The maximum absolute atomic E-state index is 12.1. The molecule has 0 saturated carbocycles. The van der Waals surface area contributed by atoms with Crippen molar-refractivity contribution in [2.24, 2.45) is 5.41 Å². The number of para-hydroxylation sites is 1. The Kier molecular flexibility index (Phi) is 5.96. The highest BCUT2D eigenvalue weighted by Gasteiger charge is 2.39. The second-order valence-corrected chi connectivity index (χ2v) is 7.20. The van der Waals surface area contributed by atoms with Gasteiger partial charge >= 0.3 is 0 Å². The highest BCUT2D eigenvalue weighted by molar-refractivity contribution is 7.99. The Morgan fingerprint density at radius 1 is 1.08 bits per heavy atom. The maximum atomic E-state index is 12.1. The molecule has 3 N–H and O–H groups in total. The lowest BCUT2D eigenvalue weighted by Gasteiger charge is -2.35. The van der Waals surface area contributed by atoms with Gasteiger partial charge in [-0.15, -0.1) is 11.8 Å². The van der Waals surface area contributed by atoms with Crippen LogP contribution in [0, 0.1) is 5.41 Å². The molecule has 25 heavy (non-hydrogen) atoms. The number of ether oxygens (including phenoxy) is 1. The minimum atomic E-state index is -0.524. The van der Waals surface area contributed by atoms with Crippen LogP contribution < -0.4 is 15.5 Å². The third-order valence-electron chi connectivity index (χ3n) is 4.46. The van der Waals surface area contributed by atoms with E-state index >= 15 is 0 Å². The van der Waals surface area contributed by atoms with Crippen molar-refractivity contribution in [1.82, 2.24) is 10.8 Å². The van der Waals surface area contributed by atoms with Gasteiger partial charge in [0.15, 0.2) is 0 Å². The molecule has 5 nitrogen and oxygen atoms in total. The number of hydrogen-bond acceptors (Lipinski definition) is 5. The third-order valence-corrected chi connectivity index (χ3v) is 5.76. The second-order valence-electron chi connectivity index (χ2n) is 6.15. The lowest BCUT2D eigenvalue weighted by atomic mass is 9.80. The quantitative estimate of drug-likeness (QED) is 0.419. The van der Waals surface area contributed by atoms with Crippen LogP contribution in [-0.2, 0) is 4.79 Å². The van der Waals surface area contributed by atoms with Gasteiger partial charge in [0.1, 0.15) is 11.5 Å². The Hall–Kier alpha value is -2.02. The van der Waals surface area contributed by atoms with E-state index in [9.17, 15) is 4.79 Å². The molecule has 0 spiro atoms. The van der Waals surface area contributed by atoms with Crippen molar-refractivity contribution < 1.29 is 14.7 Å². The molecule has 1 fully saturated rings. The van der Waals surface area contributed by atoms with E-state index in [1.54, 1.807) is 11.8 Å². The molecule has 1 aliphatic rings. The summed E-state index contributed by atoms with van der Waals surface area (Å²) in [5, 5.41) is 12.3. The SMILES string of the molecule is O=C(NO)C1(CSc2ccc(Oc3ccccc3)cc2)CCNCC1. The number of hydroxylamine groups is 1. The summed E-state index contributed by atoms with van der Waals surface area (Å²) in [5.41, 5.74) is 1.32. The number of carbonyl (C=O) groups excluding carboxylic acids is 1. The number of amides is 1. The summed E-state index contributed by atoms with van der Waals surface area (Å²) in [6.07, 6.45) is 1.45. The average molecular weight is 358 g/mol. The minimum Gasteiger partial charge on any atom is -0.457 e. The first-order chi connectivity index (χ1) is 12.2. The van der Waals surface area contributed by atoms with Gasteiger partial charge in [-0.05, 0) is 62.3 Å². The van der Waals surface area contributed by atoms with Gasteiger partial charge in [0.25, 0.3) is 0 Å². The molecule has 0 atom stereocenters. The van der Waals surface area contributed by atoms with Crippen LogP contribution in [0.3, 0.4) is 0 Å². The predicted molar refractivity (Wildman–Crippen MR) is 98.1 cm³/mol. The van der Waals surface area contributed by atoms with Crippen molar-refractivity contribution in [1.29, 1.82) is 0 Å². The third kappa shape index (κ3) is 4.54. The van der Waals surface area contributed by atoms with Crippen LogP contribution in [0.5, 0.6) is 11.5 Å². The van der Waals surface area contributed by atoms with E-state index in [0.717, 1.165) is 42.3 Å². The molecule has 132 valence electrons. The van der Waals surface area contributed by atoms with Crippen molar-refractivity contribution in [2.45, 2.75) is 17.7 Å². The highest BCUT2D eigenvalue weighted by Crippen LogP contribution is 2.36. The van der Waals surface area contributed by atoms with E-state index in [0.29, 0.717) is 5.75 Å². The zero-order chi connectivity index (χ0) is 17.5. The van der Waals surface area contributed by atoms with Crippen LogP contribution in [0.25, 0.3) is 0 Å². The molecular formula is C19H22N2O3S. The molecule has 1 amide bonds. The van der Waals surface area contributed by atoms with Crippen LogP contribution in [0.4, 0.5) is 0 Å². The van der Waals surface area contributed by atoms with Crippen LogP contribution in [0.15, 0.2) is 59.5 Å². The number of benzene rings is 2. The molecule has 0 unspecified atom stereocenters. The summed E-state index contributed by atoms with van der Waals surface area (Å²) >= 11 is 1.63. The summed E-state index contributed by atoms with van der Waals surface area (Å²) in [4.78, 5) is 13.2. The van der Waals surface area contributed by atoms with Gasteiger partial charge in [-0.25, -0.2) is 5.48 Å². The minimum absolute atomic E-state index is 0.287. The molecule has 1 heterocycles. The van der Waals surface area contributed by atoms with Gasteiger partial charge in [0, 0.05) is 10.6 Å². The van der Waals surface area contributed by atoms with E-state index in [1.807, 2.05) is 60.1 Å². The largest absolute Gasteiger partial charge is 0.457 e. The molecule has 3 rings (SSSR count). The molecular weight excluding hydrogens is 336 g/mol. The van der Waals surface area contributed by atoms with Gasteiger partial charge < -0.3 is 10.1 Å². The summed E-state index contributed by atoms with van der Waals surface area (Å²) in [5.74, 6) is 1.93. The van der Waals surface area contributed by atoms with Crippen LogP contribution >= 0.6 is 11.8 Å². The molecule has 0 aliphatic carbocycles. The standard InChI is InChI=1S/C19H22N2O3S/c22-18(21-23)19(10-12-20-13-11-19)14-25-17-8-6-16(7-9-17)24-15-4-2-1-3-5-15/h1-9,20,23H,10-14H2,(H,21,22). The molecule has 0 bridgehead atoms. The fourth-order valence-electron chi connectivity index (χ4n) is 2.91.